The van der Waals surface area contributed by atoms with Crippen molar-refractivity contribution in [1.29, 1.82) is 0 Å². The third kappa shape index (κ3) is 4.63. The fourth-order valence-electron chi connectivity index (χ4n) is 3.05. The van der Waals surface area contributed by atoms with Crippen LogP contribution in [0.15, 0.2) is 36.5 Å². The molecule has 1 aliphatic heterocycles. The lowest BCUT2D eigenvalue weighted by atomic mass is 10.1. The highest BCUT2D eigenvalue weighted by Gasteiger charge is 2.31. The van der Waals surface area contributed by atoms with Crippen LogP contribution in [0, 0.1) is 0 Å². The second kappa shape index (κ2) is 7.90. The Kier molecular flexibility index (Phi) is 5.61. The molecule has 7 nitrogen and oxygen atoms in total. The van der Waals surface area contributed by atoms with Crippen LogP contribution in [0.5, 0.6) is 5.75 Å². The second-order valence-electron chi connectivity index (χ2n) is 6.43. The summed E-state index contributed by atoms with van der Waals surface area (Å²) in [5, 5.41) is 3.22. The van der Waals surface area contributed by atoms with E-state index in [1.165, 1.54) is 5.56 Å². The Labute approximate surface area is 154 Å². The summed E-state index contributed by atoms with van der Waals surface area (Å²) >= 11 is 0. The van der Waals surface area contributed by atoms with Crippen molar-refractivity contribution in [3.05, 3.63) is 42.1 Å². The highest BCUT2D eigenvalue weighted by molar-refractivity contribution is 7.91. The Morgan fingerprint density at radius 1 is 1.35 bits per heavy atom. The molecule has 0 saturated carbocycles. The number of ether oxygens (including phenoxy) is 1. The van der Waals surface area contributed by atoms with Crippen molar-refractivity contribution in [2.75, 3.05) is 42.4 Å². The average molecular weight is 376 g/mol. The molecule has 2 aromatic rings. The lowest BCUT2D eigenvalue weighted by Crippen LogP contribution is -2.33. The van der Waals surface area contributed by atoms with E-state index in [4.69, 9.17) is 4.74 Å². The summed E-state index contributed by atoms with van der Waals surface area (Å²) in [6.45, 7) is 0.693. The van der Waals surface area contributed by atoms with Crippen LogP contribution in [0.1, 0.15) is 12.0 Å². The largest absolute Gasteiger partial charge is 0.497 e. The molecule has 1 N–H and O–H groups in total. The Bertz CT molecular complexity index is 857. The molecule has 3 rings (SSSR count). The van der Waals surface area contributed by atoms with E-state index >= 15 is 0 Å². The van der Waals surface area contributed by atoms with E-state index in [2.05, 4.69) is 21.4 Å². The molecule has 0 spiro atoms. The minimum Gasteiger partial charge on any atom is -0.497 e. The molecule has 0 amide bonds. The molecular formula is C18H24N4O3S. The van der Waals surface area contributed by atoms with Crippen LogP contribution in [0.3, 0.4) is 0 Å². The standard InChI is InChI=1S/C18H24N4O3S/c1-22(15-8-11-26(23,24)13-15)17-7-10-20-18(21-17)19-9-6-14-4-3-5-16(12-14)25-2/h3-5,7,10,12,15H,6,8-9,11,13H2,1-2H3,(H,19,20,21). The highest BCUT2D eigenvalue weighted by Crippen LogP contribution is 2.21. The Morgan fingerprint density at radius 3 is 2.92 bits per heavy atom. The molecule has 140 valence electrons. The zero-order chi connectivity index (χ0) is 18.6. The van der Waals surface area contributed by atoms with Crippen LogP contribution in [-0.2, 0) is 16.3 Å². The van der Waals surface area contributed by atoms with E-state index in [1.54, 1.807) is 19.4 Å². The minimum atomic E-state index is -2.92. The van der Waals surface area contributed by atoms with Crippen molar-refractivity contribution in [3.63, 3.8) is 0 Å². The fourth-order valence-corrected chi connectivity index (χ4v) is 4.82. The van der Waals surface area contributed by atoms with Gasteiger partial charge < -0.3 is 15.0 Å². The number of hydrogen-bond donors (Lipinski definition) is 1. The zero-order valence-electron chi connectivity index (χ0n) is 15.1. The summed E-state index contributed by atoms with van der Waals surface area (Å²) in [6.07, 6.45) is 3.15. The third-order valence-electron chi connectivity index (χ3n) is 4.59. The summed E-state index contributed by atoms with van der Waals surface area (Å²) in [6, 6.07) is 9.72. The molecule has 2 heterocycles. The zero-order valence-corrected chi connectivity index (χ0v) is 15.9. The van der Waals surface area contributed by atoms with Gasteiger partial charge in [0.1, 0.15) is 11.6 Å². The first kappa shape index (κ1) is 18.4. The third-order valence-corrected chi connectivity index (χ3v) is 6.34. The van der Waals surface area contributed by atoms with Gasteiger partial charge in [0.15, 0.2) is 9.84 Å². The van der Waals surface area contributed by atoms with Gasteiger partial charge in [-0.2, -0.15) is 4.98 Å². The summed E-state index contributed by atoms with van der Waals surface area (Å²) in [5.41, 5.74) is 1.17. The lowest BCUT2D eigenvalue weighted by Gasteiger charge is -2.24. The molecule has 1 unspecified atom stereocenters. The van der Waals surface area contributed by atoms with Gasteiger partial charge in [-0.05, 0) is 36.6 Å². The Hall–Kier alpha value is -2.35. The maximum atomic E-state index is 11.7. The smallest absolute Gasteiger partial charge is 0.224 e. The number of hydrogen-bond acceptors (Lipinski definition) is 7. The fraction of sp³-hybridized carbons (Fsp3) is 0.444. The normalized spacial score (nSPS) is 18.5. The van der Waals surface area contributed by atoms with E-state index < -0.39 is 9.84 Å². The minimum absolute atomic E-state index is 0.0282. The van der Waals surface area contributed by atoms with E-state index in [9.17, 15) is 8.42 Å². The number of benzene rings is 1. The van der Waals surface area contributed by atoms with Crippen LogP contribution < -0.4 is 15.0 Å². The van der Waals surface area contributed by atoms with Gasteiger partial charge in [0.05, 0.1) is 18.6 Å². The molecule has 1 atom stereocenters. The number of nitrogens with one attached hydrogen (secondary N) is 1. The quantitative estimate of drug-likeness (QED) is 0.788. The van der Waals surface area contributed by atoms with Gasteiger partial charge in [-0.3, -0.25) is 0 Å². The predicted octanol–water partition coefficient (Wildman–Crippen LogP) is 1.76. The topological polar surface area (TPSA) is 84.4 Å². The van der Waals surface area contributed by atoms with Crippen molar-refractivity contribution in [2.24, 2.45) is 0 Å². The Balaban J connectivity index is 1.58. The SMILES string of the molecule is COc1cccc(CCNc2nccc(N(C)C3CCS(=O)(=O)C3)n2)c1. The van der Waals surface area contributed by atoms with Gasteiger partial charge in [-0.1, -0.05) is 12.1 Å². The molecule has 26 heavy (non-hydrogen) atoms. The number of aromatic nitrogens is 2. The molecular weight excluding hydrogens is 352 g/mol. The first-order valence-corrected chi connectivity index (χ1v) is 10.4. The van der Waals surface area contributed by atoms with E-state index in [-0.39, 0.29) is 17.5 Å². The highest BCUT2D eigenvalue weighted by atomic mass is 32.2. The van der Waals surface area contributed by atoms with Crippen molar-refractivity contribution >= 4 is 21.6 Å². The summed E-state index contributed by atoms with van der Waals surface area (Å²) in [4.78, 5) is 10.7. The van der Waals surface area contributed by atoms with Gasteiger partial charge in [0.2, 0.25) is 5.95 Å². The number of anilines is 2. The molecule has 1 saturated heterocycles. The maximum Gasteiger partial charge on any atom is 0.224 e. The van der Waals surface area contributed by atoms with Crippen LogP contribution in [-0.4, -0.2) is 56.6 Å². The lowest BCUT2D eigenvalue weighted by molar-refractivity contribution is 0.414. The molecule has 0 bridgehead atoms. The molecule has 0 aliphatic carbocycles. The van der Waals surface area contributed by atoms with E-state index in [0.29, 0.717) is 18.9 Å². The maximum absolute atomic E-state index is 11.7. The Morgan fingerprint density at radius 2 is 2.19 bits per heavy atom. The van der Waals surface area contributed by atoms with Gasteiger partial charge in [0.25, 0.3) is 0 Å². The van der Waals surface area contributed by atoms with Crippen molar-refractivity contribution < 1.29 is 13.2 Å². The molecule has 0 radical (unpaired) electrons. The van der Waals surface area contributed by atoms with E-state index in [1.807, 2.05) is 30.1 Å². The molecule has 8 heteroatoms. The first-order chi connectivity index (χ1) is 12.5. The van der Waals surface area contributed by atoms with Gasteiger partial charge in [-0.15, -0.1) is 0 Å². The van der Waals surface area contributed by atoms with Gasteiger partial charge in [0, 0.05) is 25.8 Å². The molecule has 1 fully saturated rings. The summed E-state index contributed by atoms with van der Waals surface area (Å²) in [7, 11) is 0.618. The van der Waals surface area contributed by atoms with Crippen LogP contribution in [0.2, 0.25) is 0 Å². The van der Waals surface area contributed by atoms with Crippen LogP contribution in [0.4, 0.5) is 11.8 Å². The van der Waals surface area contributed by atoms with Crippen molar-refractivity contribution in [3.8, 4) is 5.75 Å². The van der Waals surface area contributed by atoms with Gasteiger partial charge in [-0.25, -0.2) is 13.4 Å². The second-order valence-corrected chi connectivity index (χ2v) is 8.66. The van der Waals surface area contributed by atoms with Crippen molar-refractivity contribution in [2.45, 2.75) is 18.9 Å². The number of rotatable bonds is 7. The molecule has 1 aromatic heterocycles. The molecule has 1 aromatic carbocycles. The number of sulfone groups is 1. The number of nitrogens with zero attached hydrogens (tertiary/aromatic N) is 3. The predicted molar refractivity (Wildman–Crippen MR) is 103 cm³/mol. The van der Waals surface area contributed by atoms with Crippen LogP contribution in [0.25, 0.3) is 0 Å². The van der Waals surface area contributed by atoms with Crippen LogP contribution >= 0.6 is 0 Å². The number of methoxy groups -OCH3 is 1. The molecule has 1 aliphatic rings. The van der Waals surface area contributed by atoms with Gasteiger partial charge >= 0.3 is 0 Å². The van der Waals surface area contributed by atoms with E-state index in [0.717, 1.165) is 18.0 Å². The summed E-state index contributed by atoms with van der Waals surface area (Å²) in [5.74, 6) is 2.54. The average Bonchev–Trinajstić information content (AvgIpc) is 3.01. The van der Waals surface area contributed by atoms with Crippen molar-refractivity contribution in [1.82, 2.24) is 9.97 Å². The first-order valence-electron chi connectivity index (χ1n) is 8.60. The monoisotopic (exact) mass is 376 g/mol. The summed E-state index contributed by atoms with van der Waals surface area (Å²) < 4.78 is 28.6.